The minimum Gasteiger partial charge on any atom is -0.494 e. The lowest BCUT2D eigenvalue weighted by Crippen LogP contribution is -2.07. The quantitative estimate of drug-likeness (QED) is 0.0278. The molecule has 0 fully saturated rings. The van der Waals surface area contributed by atoms with E-state index >= 15 is 0 Å². The Balaban J connectivity index is 0.709. The fourth-order valence-corrected chi connectivity index (χ4v) is 7.80. The van der Waals surface area contributed by atoms with E-state index in [-0.39, 0.29) is 5.97 Å². The van der Waals surface area contributed by atoms with Crippen molar-refractivity contribution in [1.29, 1.82) is 5.26 Å². The molecule has 0 amide bonds. The summed E-state index contributed by atoms with van der Waals surface area (Å²) in [6, 6.07) is 33.9. The molecule has 330 valence electrons. The summed E-state index contributed by atoms with van der Waals surface area (Å²) in [4.78, 5) is 25.1. The number of carbonyl (C=O) groups excluding carboxylic acids is 1. The molecule has 0 saturated heterocycles. The fourth-order valence-electron chi connectivity index (χ4n) is 7.80. The molecule has 2 aromatic heterocycles. The number of nitrogens with zero attached hydrogens (tertiary/aromatic N) is 5. The molecule has 0 spiro atoms. The molecule has 0 unspecified atom stereocenters. The van der Waals surface area contributed by atoms with Gasteiger partial charge in [0.15, 0.2) is 11.5 Å². The van der Waals surface area contributed by atoms with Crippen LogP contribution in [0.1, 0.15) is 128 Å². The number of anilines is 1. The van der Waals surface area contributed by atoms with Crippen LogP contribution in [0.5, 0.6) is 17.2 Å². The van der Waals surface area contributed by atoms with Crippen LogP contribution in [-0.2, 0) is 11.3 Å². The second kappa shape index (κ2) is 26.3. The smallest absolute Gasteiger partial charge is 0.311 e. The van der Waals surface area contributed by atoms with E-state index in [9.17, 15) is 4.79 Å². The lowest BCUT2D eigenvalue weighted by atomic mass is 10.0. The van der Waals surface area contributed by atoms with E-state index in [1.165, 1.54) is 83.4 Å². The van der Waals surface area contributed by atoms with Gasteiger partial charge in [-0.3, -0.25) is 4.79 Å². The number of esters is 1. The Labute approximate surface area is 373 Å². The Morgan fingerprint density at radius 2 is 0.952 bits per heavy atom. The maximum Gasteiger partial charge on any atom is 0.311 e. The molecule has 6 rings (SSSR count). The molecule has 0 saturated carbocycles. The zero-order valence-electron chi connectivity index (χ0n) is 36.9. The fraction of sp³-hybridized carbons (Fsp3) is 0.415. The number of aryl methyl sites for hydroxylation is 1. The first-order valence-electron chi connectivity index (χ1n) is 23.2. The van der Waals surface area contributed by atoms with Gasteiger partial charge >= 0.3 is 5.97 Å². The third-order valence-corrected chi connectivity index (χ3v) is 11.5. The Hall–Kier alpha value is -6.21. The third-order valence-electron chi connectivity index (χ3n) is 11.5. The van der Waals surface area contributed by atoms with Gasteiger partial charge in [-0.2, -0.15) is 5.26 Å². The van der Waals surface area contributed by atoms with Crippen LogP contribution in [-0.4, -0.2) is 38.7 Å². The van der Waals surface area contributed by atoms with Crippen molar-refractivity contribution in [3.05, 3.63) is 115 Å². The van der Waals surface area contributed by atoms with Gasteiger partial charge in [0.25, 0.3) is 0 Å². The van der Waals surface area contributed by atoms with Gasteiger partial charge < -0.3 is 24.5 Å². The van der Waals surface area contributed by atoms with E-state index in [4.69, 9.17) is 25.2 Å². The molecular formula is C53H64N6O4. The molecule has 0 radical (unpaired) electrons. The number of nitrogens with two attached hydrogens (primary N) is 1. The van der Waals surface area contributed by atoms with E-state index < -0.39 is 0 Å². The first-order chi connectivity index (χ1) is 31.1. The molecule has 2 N–H and O–H groups in total. The molecule has 0 bridgehead atoms. The number of aromatic nitrogens is 4. The lowest BCUT2D eigenvalue weighted by molar-refractivity contribution is -0.134. The first-order valence-corrected chi connectivity index (χ1v) is 23.2. The second-order valence-corrected chi connectivity index (χ2v) is 16.4. The average molecular weight is 849 g/mol. The van der Waals surface area contributed by atoms with Crippen molar-refractivity contribution in [3.8, 4) is 45.6 Å². The Morgan fingerprint density at radius 1 is 0.524 bits per heavy atom. The van der Waals surface area contributed by atoms with Crippen molar-refractivity contribution in [2.45, 2.75) is 129 Å². The van der Waals surface area contributed by atoms with Crippen molar-refractivity contribution >= 4 is 23.0 Å². The summed E-state index contributed by atoms with van der Waals surface area (Å²) in [5.74, 6) is 2.65. The van der Waals surface area contributed by atoms with E-state index in [0.29, 0.717) is 29.1 Å². The predicted molar refractivity (Wildman–Crippen MR) is 253 cm³/mol. The van der Waals surface area contributed by atoms with E-state index in [1.807, 2.05) is 79.1 Å². The number of unbranched alkanes of at least 4 members (excludes halogenated alkanes) is 16. The number of imidazole rings is 1. The lowest BCUT2D eigenvalue weighted by Gasteiger charge is -2.09. The molecule has 0 aliphatic carbocycles. The number of rotatable bonds is 29. The number of hydrogen-bond acceptors (Lipinski definition) is 9. The Morgan fingerprint density at radius 3 is 1.44 bits per heavy atom. The van der Waals surface area contributed by atoms with Crippen molar-refractivity contribution in [2.24, 2.45) is 0 Å². The van der Waals surface area contributed by atoms with Crippen molar-refractivity contribution in [2.75, 3.05) is 18.9 Å². The number of hydrogen-bond donors (Lipinski definition) is 1. The van der Waals surface area contributed by atoms with Crippen molar-refractivity contribution in [1.82, 2.24) is 19.5 Å². The standard InChI is InChI=1S/C53H64N6O4/c54-39-42-20-22-43(23-21-42)44-24-30-47(31-25-44)61-37-17-13-9-5-2-1-3-7-11-15-19-50(60)63-49-34-28-46(29-35-49)45-26-32-48(33-27-45)62-38-18-14-10-6-4-8-12-16-36-59-41-58-51-52(55)56-40-57-53(51)59/h20-35,40-41H,1-19,36-38H2,(H2,55,56,57). The minimum atomic E-state index is -0.164. The monoisotopic (exact) mass is 848 g/mol. The van der Waals surface area contributed by atoms with Crippen LogP contribution >= 0.6 is 0 Å². The molecule has 10 heteroatoms. The van der Waals surface area contributed by atoms with Gasteiger partial charge in [-0.05, 0) is 96.5 Å². The molecular weight excluding hydrogens is 785 g/mol. The van der Waals surface area contributed by atoms with Gasteiger partial charge in [-0.1, -0.05) is 138 Å². The number of ether oxygens (including phenoxy) is 3. The summed E-state index contributed by atoms with van der Waals surface area (Å²) >= 11 is 0. The summed E-state index contributed by atoms with van der Waals surface area (Å²) < 4.78 is 19.6. The summed E-state index contributed by atoms with van der Waals surface area (Å²) in [6.07, 6.45) is 24.8. The van der Waals surface area contributed by atoms with Gasteiger partial charge in [0.05, 0.1) is 31.2 Å². The molecule has 0 atom stereocenters. The Kier molecular flexibility index (Phi) is 19.3. The molecule has 0 aliphatic rings. The zero-order valence-corrected chi connectivity index (χ0v) is 36.9. The number of carbonyl (C=O) groups is 1. The van der Waals surface area contributed by atoms with Crippen LogP contribution < -0.4 is 19.9 Å². The zero-order chi connectivity index (χ0) is 43.7. The normalized spacial score (nSPS) is 11.1. The van der Waals surface area contributed by atoms with Crippen LogP contribution in [0.4, 0.5) is 5.82 Å². The van der Waals surface area contributed by atoms with Gasteiger partial charge in [-0.25, -0.2) is 15.0 Å². The highest BCUT2D eigenvalue weighted by atomic mass is 16.5. The topological polar surface area (TPSA) is 138 Å². The molecule has 2 heterocycles. The maximum absolute atomic E-state index is 12.5. The second-order valence-electron chi connectivity index (χ2n) is 16.4. The number of benzene rings is 4. The van der Waals surface area contributed by atoms with Crippen LogP contribution in [0.2, 0.25) is 0 Å². The van der Waals surface area contributed by atoms with E-state index in [1.54, 1.807) is 0 Å². The van der Waals surface area contributed by atoms with Gasteiger partial charge in [0, 0.05) is 13.0 Å². The highest BCUT2D eigenvalue weighted by Crippen LogP contribution is 2.26. The number of nitriles is 1. The average Bonchev–Trinajstić information content (AvgIpc) is 3.74. The number of nitrogen functional groups attached to an aromatic ring is 1. The Bertz CT molecular complexity index is 2270. The maximum atomic E-state index is 12.5. The van der Waals surface area contributed by atoms with Gasteiger partial charge in [-0.15, -0.1) is 0 Å². The molecule has 63 heavy (non-hydrogen) atoms. The van der Waals surface area contributed by atoms with Crippen molar-refractivity contribution in [3.63, 3.8) is 0 Å². The molecule has 6 aromatic rings. The molecule has 0 aliphatic heterocycles. The molecule has 10 nitrogen and oxygen atoms in total. The van der Waals surface area contributed by atoms with E-state index in [0.717, 1.165) is 97.7 Å². The van der Waals surface area contributed by atoms with Crippen molar-refractivity contribution < 1.29 is 19.0 Å². The van der Waals surface area contributed by atoms with Gasteiger partial charge in [0.2, 0.25) is 0 Å². The summed E-state index contributed by atoms with van der Waals surface area (Å²) in [6.45, 7) is 2.37. The van der Waals surface area contributed by atoms with Crippen LogP contribution in [0, 0.1) is 11.3 Å². The molecule has 4 aromatic carbocycles. The minimum absolute atomic E-state index is 0.164. The SMILES string of the molecule is N#Cc1ccc(-c2ccc(OCCCCCCCCCCCCC(=O)Oc3ccc(-c4ccc(OCCCCCCCCCCn5cnc6c(N)ncnc65)cc4)cc3)cc2)cc1. The largest absolute Gasteiger partial charge is 0.494 e. The third kappa shape index (κ3) is 15.9. The number of fused-ring (bicyclic) bond motifs is 1. The summed E-state index contributed by atoms with van der Waals surface area (Å²) in [5.41, 5.74) is 12.4. The van der Waals surface area contributed by atoms with Crippen LogP contribution in [0.15, 0.2) is 110 Å². The highest BCUT2D eigenvalue weighted by Gasteiger charge is 2.09. The first kappa shape index (κ1) is 46.3. The van der Waals surface area contributed by atoms with Crippen LogP contribution in [0.25, 0.3) is 33.4 Å². The predicted octanol–water partition coefficient (Wildman–Crippen LogP) is 13.1. The summed E-state index contributed by atoms with van der Waals surface area (Å²) in [7, 11) is 0. The van der Waals surface area contributed by atoms with Gasteiger partial charge in [0.1, 0.15) is 29.1 Å². The highest BCUT2D eigenvalue weighted by molar-refractivity contribution is 5.81. The van der Waals surface area contributed by atoms with Crippen LogP contribution in [0.3, 0.4) is 0 Å². The van der Waals surface area contributed by atoms with E-state index in [2.05, 4.69) is 49.9 Å². The summed E-state index contributed by atoms with van der Waals surface area (Å²) in [5, 5.41) is 8.99.